The number of para-hydroxylation sites is 1. The molecule has 0 unspecified atom stereocenters. The number of hydrogen-bond donors (Lipinski definition) is 2. The molecule has 0 saturated heterocycles. The Labute approximate surface area is 97.6 Å². The first-order valence-corrected chi connectivity index (χ1v) is 5.29. The quantitative estimate of drug-likeness (QED) is 0.803. The van der Waals surface area contributed by atoms with Crippen molar-refractivity contribution in [2.45, 2.75) is 5.88 Å². The van der Waals surface area contributed by atoms with Crippen LogP contribution < -0.4 is 5.32 Å². The maximum atomic E-state index is 11.7. The second-order valence-corrected chi connectivity index (χ2v) is 3.48. The van der Waals surface area contributed by atoms with E-state index in [9.17, 15) is 4.79 Å². The third-order valence-electron chi connectivity index (χ3n) is 2.15. The van der Waals surface area contributed by atoms with Crippen LogP contribution in [-0.4, -0.2) is 16.1 Å². The number of H-pyrrole nitrogens is 1. The average molecular weight is 236 g/mol. The Morgan fingerprint density at radius 2 is 2.19 bits per heavy atom. The van der Waals surface area contributed by atoms with E-state index in [1.54, 1.807) is 6.07 Å². The van der Waals surface area contributed by atoms with Crippen molar-refractivity contribution in [1.29, 1.82) is 0 Å². The Kier molecular flexibility index (Phi) is 3.22. The molecule has 0 atom stereocenters. The molecule has 0 aliphatic carbocycles. The van der Waals surface area contributed by atoms with Gasteiger partial charge in [-0.15, -0.1) is 11.6 Å². The van der Waals surface area contributed by atoms with Gasteiger partial charge >= 0.3 is 0 Å². The third-order valence-corrected chi connectivity index (χ3v) is 2.44. The fourth-order valence-corrected chi connectivity index (χ4v) is 1.56. The van der Waals surface area contributed by atoms with Crippen molar-refractivity contribution in [2.75, 3.05) is 5.32 Å². The normalized spacial score (nSPS) is 10.1. The van der Waals surface area contributed by atoms with Gasteiger partial charge in [0.05, 0.1) is 0 Å². The molecule has 1 heterocycles. The Morgan fingerprint density at radius 3 is 2.88 bits per heavy atom. The molecule has 16 heavy (non-hydrogen) atoms. The first-order chi connectivity index (χ1) is 7.81. The van der Waals surface area contributed by atoms with Crippen molar-refractivity contribution in [3.05, 3.63) is 47.8 Å². The number of amides is 1. The number of benzene rings is 1. The highest BCUT2D eigenvalue weighted by Gasteiger charge is 2.08. The van der Waals surface area contributed by atoms with Crippen LogP contribution in [-0.2, 0) is 5.88 Å². The first-order valence-electron chi connectivity index (χ1n) is 4.76. The zero-order valence-electron chi connectivity index (χ0n) is 8.40. The summed E-state index contributed by atoms with van der Waals surface area (Å²) in [7, 11) is 0. The first kappa shape index (κ1) is 10.7. The van der Waals surface area contributed by atoms with Gasteiger partial charge in [-0.2, -0.15) is 5.10 Å². The van der Waals surface area contributed by atoms with E-state index in [0.29, 0.717) is 11.6 Å². The molecule has 1 amide bonds. The number of nitrogens with zero attached hydrogens (tertiary/aromatic N) is 1. The summed E-state index contributed by atoms with van der Waals surface area (Å²) in [4.78, 5) is 11.7. The summed E-state index contributed by atoms with van der Waals surface area (Å²) >= 11 is 5.77. The number of anilines is 1. The predicted octanol–water partition coefficient (Wildman–Crippen LogP) is 2.40. The Balaban J connectivity index is 2.18. The number of rotatable bonds is 3. The fraction of sp³-hybridized carbons (Fsp3) is 0.0909. The van der Waals surface area contributed by atoms with Gasteiger partial charge in [0.25, 0.3) is 5.91 Å². The van der Waals surface area contributed by atoms with Gasteiger partial charge in [-0.05, 0) is 17.7 Å². The molecule has 0 saturated carbocycles. The number of aromatic nitrogens is 2. The SMILES string of the molecule is O=C(Nc1ccccc1CCl)c1ccn[nH]1. The molecular formula is C11H10ClN3O. The molecule has 0 radical (unpaired) electrons. The molecule has 0 aliphatic heterocycles. The molecule has 1 aromatic heterocycles. The minimum atomic E-state index is -0.227. The van der Waals surface area contributed by atoms with Crippen molar-refractivity contribution in [1.82, 2.24) is 10.2 Å². The zero-order valence-corrected chi connectivity index (χ0v) is 9.16. The van der Waals surface area contributed by atoms with Gasteiger partial charge in [0, 0.05) is 17.8 Å². The van der Waals surface area contributed by atoms with Crippen LogP contribution in [0.4, 0.5) is 5.69 Å². The van der Waals surface area contributed by atoms with E-state index in [0.717, 1.165) is 11.3 Å². The molecule has 2 rings (SSSR count). The van der Waals surface area contributed by atoms with Crippen molar-refractivity contribution in [2.24, 2.45) is 0 Å². The van der Waals surface area contributed by atoms with Gasteiger partial charge in [0.1, 0.15) is 5.69 Å². The van der Waals surface area contributed by atoms with E-state index in [4.69, 9.17) is 11.6 Å². The zero-order chi connectivity index (χ0) is 11.4. The summed E-state index contributed by atoms with van der Waals surface area (Å²) in [6.07, 6.45) is 1.53. The van der Waals surface area contributed by atoms with E-state index < -0.39 is 0 Å². The van der Waals surface area contributed by atoms with E-state index in [1.807, 2.05) is 24.3 Å². The lowest BCUT2D eigenvalue weighted by Crippen LogP contribution is -2.13. The molecule has 0 fully saturated rings. The molecule has 0 bridgehead atoms. The number of alkyl halides is 1. The number of hydrogen-bond acceptors (Lipinski definition) is 2. The van der Waals surface area contributed by atoms with Gasteiger partial charge in [0.2, 0.25) is 0 Å². The molecular weight excluding hydrogens is 226 g/mol. The van der Waals surface area contributed by atoms with Crippen molar-refractivity contribution < 1.29 is 4.79 Å². The van der Waals surface area contributed by atoms with Crippen molar-refractivity contribution in [3.8, 4) is 0 Å². The van der Waals surface area contributed by atoms with Crippen molar-refractivity contribution >= 4 is 23.2 Å². The van der Waals surface area contributed by atoms with E-state index in [1.165, 1.54) is 6.20 Å². The lowest BCUT2D eigenvalue weighted by molar-refractivity contribution is 0.102. The average Bonchev–Trinajstić information content (AvgIpc) is 2.83. The molecule has 0 spiro atoms. The standard InChI is InChI=1S/C11H10ClN3O/c12-7-8-3-1-2-4-9(8)14-11(16)10-5-6-13-15-10/h1-6H,7H2,(H,13,15)(H,14,16). The molecule has 0 aliphatic rings. The minimum absolute atomic E-state index is 0.227. The maximum Gasteiger partial charge on any atom is 0.273 e. The second-order valence-electron chi connectivity index (χ2n) is 3.22. The fourth-order valence-electron chi connectivity index (χ4n) is 1.33. The van der Waals surface area contributed by atoms with Gasteiger partial charge in [-0.3, -0.25) is 9.89 Å². The highest BCUT2D eigenvalue weighted by Crippen LogP contribution is 2.17. The van der Waals surface area contributed by atoms with E-state index in [-0.39, 0.29) is 5.91 Å². The van der Waals surface area contributed by atoms with Crippen LogP contribution in [0.3, 0.4) is 0 Å². The minimum Gasteiger partial charge on any atom is -0.320 e. The summed E-state index contributed by atoms with van der Waals surface area (Å²) < 4.78 is 0. The van der Waals surface area contributed by atoms with Gasteiger partial charge in [0.15, 0.2) is 0 Å². The Bertz CT molecular complexity index is 482. The van der Waals surface area contributed by atoms with E-state index >= 15 is 0 Å². The van der Waals surface area contributed by atoms with Crippen LogP contribution in [0.1, 0.15) is 16.1 Å². The Morgan fingerprint density at radius 1 is 1.38 bits per heavy atom. The number of aromatic amines is 1. The van der Waals surface area contributed by atoms with Gasteiger partial charge in [-0.25, -0.2) is 0 Å². The lowest BCUT2D eigenvalue weighted by Gasteiger charge is -2.07. The molecule has 2 aromatic rings. The van der Waals surface area contributed by atoms with Crippen LogP contribution in [0, 0.1) is 0 Å². The third kappa shape index (κ3) is 2.23. The van der Waals surface area contributed by atoms with Gasteiger partial charge in [-0.1, -0.05) is 18.2 Å². The summed E-state index contributed by atoms with van der Waals surface area (Å²) in [6, 6.07) is 9.02. The van der Waals surface area contributed by atoms with Crippen LogP contribution in [0.15, 0.2) is 36.5 Å². The highest BCUT2D eigenvalue weighted by atomic mass is 35.5. The smallest absolute Gasteiger partial charge is 0.273 e. The van der Waals surface area contributed by atoms with Crippen LogP contribution in [0.5, 0.6) is 0 Å². The van der Waals surface area contributed by atoms with Gasteiger partial charge < -0.3 is 5.32 Å². The second kappa shape index (κ2) is 4.81. The number of nitrogens with one attached hydrogen (secondary N) is 2. The number of carbonyl (C=O) groups is 1. The lowest BCUT2D eigenvalue weighted by atomic mass is 10.2. The number of carbonyl (C=O) groups excluding carboxylic acids is 1. The molecule has 82 valence electrons. The van der Waals surface area contributed by atoms with Crippen molar-refractivity contribution in [3.63, 3.8) is 0 Å². The largest absolute Gasteiger partial charge is 0.320 e. The molecule has 5 heteroatoms. The Hall–Kier alpha value is -1.81. The predicted molar refractivity (Wildman–Crippen MR) is 62.5 cm³/mol. The monoisotopic (exact) mass is 235 g/mol. The summed E-state index contributed by atoms with van der Waals surface area (Å²) in [5.41, 5.74) is 2.03. The molecule has 4 nitrogen and oxygen atoms in total. The van der Waals surface area contributed by atoms with E-state index in [2.05, 4.69) is 15.5 Å². The van der Waals surface area contributed by atoms with Crippen LogP contribution in [0.25, 0.3) is 0 Å². The highest BCUT2D eigenvalue weighted by molar-refractivity contribution is 6.17. The summed E-state index contributed by atoms with van der Waals surface area (Å²) in [5, 5.41) is 9.08. The topological polar surface area (TPSA) is 57.8 Å². The summed E-state index contributed by atoms with van der Waals surface area (Å²) in [5.74, 6) is 0.134. The summed E-state index contributed by atoms with van der Waals surface area (Å²) in [6.45, 7) is 0. The van der Waals surface area contributed by atoms with Crippen LogP contribution >= 0.6 is 11.6 Å². The van der Waals surface area contributed by atoms with Crippen LogP contribution in [0.2, 0.25) is 0 Å². The number of halogens is 1. The molecule has 2 N–H and O–H groups in total. The maximum absolute atomic E-state index is 11.7. The molecule has 1 aromatic carbocycles.